The second-order valence-electron chi connectivity index (χ2n) is 10.1. The van der Waals surface area contributed by atoms with Crippen molar-refractivity contribution in [3.63, 3.8) is 0 Å². The number of nitrogens with one attached hydrogen (secondary N) is 1. The van der Waals surface area contributed by atoms with Gasteiger partial charge in [-0.05, 0) is 62.5 Å². The minimum absolute atomic E-state index is 0.315. The van der Waals surface area contributed by atoms with Gasteiger partial charge in [0.05, 0.1) is 0 Å². The molecule has 2 fully saturated rings. The van der Waals surface area contributed by atoms with Crippen LogP contribution in [0.1, 0.15) is 94.1 Å². The SMILES string of the molecule is Cc1ccc([B]c2ccccc2)cc1C1CCCCCCCC(NC(=O)C2CC2)CCC1. The number of benzene rings is 2. The average Bonchev–Trinajstić information content (AvgIpc) is 3.63. The summed E-state index contributed by atoms with van der Waals surface area (Å²) >= 11 is 0. The monoisotopic (exact) mass is 428 g/mol. The molecule has 0 aromatic heterocycles. The van der Waals surface area contributed by atoms with Crippen LogP contribution in [0.2, 0.25) is 0 Å². The minimum atomic E-state index is 0.315. The van der Waals surface area contributed by atoms with Crippen LogP contribution in [0.5, 0.6) is 0 Å². The molecule has 1 radical (unpaired) electrons. The summed E-state index contributed by atoms with van der Waals surface area (Å²) in [7, 11) is 2.29. The molecule has 2 aromatic carbocycles. The quantitative estimate of drug-likeness (QED) is 0.623. The Hall–Kier alpha value is -2.03. The lowest BCUT2D eigenvalue weighted by Crippen LogP contribution is -2.36. The third kappa shape index (κ3) is 6.99. The van der Waals surface area contributed by atoms with Crippen LogP contribution in [0, 0.1) is 12.8 Å². The fourth-order valence-electron chi connectivity index (χ4n) is 5.26. The van der Waals surface area contributed by atoms with Crippen LogP contribution in [0.25, 0.3) is 0 Å². The molecule has 2 unspecified atom stereocenters. The van der Waals surface area contributed by atoms with Crippen LogP contribution in [0.15, 0.2) is 48.5 Å². The maximum absolute atomic E-state index is 12.4. The highest BCUT2D eigenvalue weighted by molar-refractivity contribution is 6.67. The summed E-state index contributed by atoms with van der Waals surface area (Å²) < 4.78 is 0. The number of aryl methyl sites for hydroxylation is 1. The molecule has 2 aliphatic rings. The van der Waals surface area contributed by atoms with E-state index in [1.165, 1.54) is 73.4 Å². The van der Waals surface area contributed by atoms with Crippen LogP contribution >= 0.6 is 0 Å². The lowest BCUT2D eigenvalue weighted by atomic mass is 9.63. The number of carbonyl (C=O) groups is 1. The lowest BCUT2D eigenvalue weighted by molar-refractivity contribution is -0.123. The average molecular weight is 428 g/mol. The van der Waals surface area contributed by atoms with Crippen molar-refractivity contribution in [1.82, 2.24) is 5.32 Å². The molecule has 3 heteroatoms. The van der Waals surface area contributed by atoms with Crippen LogP contribution in [-0.4, -0.2) is 19.2 Å². The summed E-state index contributed by atoms with van der Waals surface area (Å²) in [4.78, 5) is 12.4. The first kappa shape index (κ1) is 23.1. The summed E-state index contributed by atoms with van der Waals surface area (Å²) in [5.74, 6) is 1.26. The molecule has 0 bridgehead atoms. The Balaban J connectivity index is 1.43. The predicted octanol–water partition coefficient (Wildman–Crippen LogP) is 5.54. The second kappa shape index (κ2) is 11.7. The lowest BCUT2D eigenvalue weighted by Gasteiger charge is -2.24. The molecule has 1 amide bonds. The van der Waals surface area contributed by atoms with Crippen molar-refractivity contribution < 1.29 is 4.79 Å². The van der Waals surface area contributed by atoms with Gasteiger partial charge in [0.25, 0.3) is 0 Å². The highest BCUT2D eigenvalue weighted by Gasteiger charge is 2.30. The van der Waals surface area contributed by atoms with Gasteiger partial charge < -0.3 is 5.32 Å². The van der Waals surface area contributed by atoms with E-state index in [0.717, 1.165) is 25.7 Å². The van der Waals surface area contributed by atoms with Crippen LogP contribution in [0.4, 0.5) is 0 Å². The Morgan fingerprint density at radius 2 is 1.47 bits per heavy atom. The first-order valence-electron chi connectivity index (χ1n) is 13.0. The highest BCUT2D eigenvalue weighted by atomic mass is 16.2. The molecule has 0 heterocycles. The first-order valence-corrected chi connectivity index (χ1v) is 13.0. The molecule has 2 atom stereocenters. The number of carbonyl (C=O) groups excluding carboxylic acids is 1. The zero-order chi connectivity index (χ0) is 22.2. The molecule has 0 aliphatic heterocycles. The summed E-state index contributed by atoms with van der Waals surface area (Å²) in [5, 5.41) is 3.39. The standard InChI is InChI=1S/C29H39BNO/c1-22-17-20-26(30-25-13-7-5-8-14-25)21-28(22)23-11-6-3-2-4-9-15-27(16-10-12-23)31-29(32)24-18-19-24/h5,7-8,13-14,17,20-21,23-24,27H,2-4,6,9-12,15-16,18-19H2,1H3,(H,31,32). The van der Waals surface area contributed by atoms with E-state index in [0.29, 0.717) is 23.8 Å². The van der Waals surface area contributed by atoms with Crippen LogP contribution in [0.3, 0.4) is 0 Å². The molecule has 1 N–H and O–H groups in total. The molecule has 2 aromatic rings. The van der Waals surface area contributed by atoms with Gasteiger partial charge in [-0.25, -0.2) is 0 Å². The van der Waals surface area contributed by atoms with Gasteiger partial charge in [0.15, 0.2) is 7.28 Å². The summed E-state index contributed by atoms with van der Waals surface area (Å²) in [6.45, 7) is 2.27. The fourth-order valence-corrected chi connectivity index (χ4v) is 5.26. The van der Waals surface area contributed by atoms with Crippen LogP contribution in [-0.2, 0) is 4.79 Å². The predicted molar refractivity (Wildman–Crippen MR) is 136 cm³/mol. The molecule has 32 heavy (non-hydrogen) atoms. The van der Waals surface area contributed by atoms with E-state index in [9.17, 15) is 4.79 Å². The van der Waals surface area contributed by atoms with Crippen molar-refractivity contribution in [1.29, 1.82) is 0 Å². The van der Waals surface area contributed by atoms with Gasteiger partial charge in [0.2, 0.25) is 5.91 Å². The largest absolute Gasteiger partial charge is 0.353 e. The van der Waals surface area contributed by atoms with E-state index >= 15 is 0 Å². The van der Waals surface area contributed by atoms with E-state index in [1.807, 2.05) is 0 Å². The summed E-state index contributed by atoms with van der Waals surface area (Å²) in [5.41, 5.74) is 5.52. The van der Waals surface area contributed by atoms with Gasteiger partial charge in [-0.15, -0.1) is 0 Å². The normalized spacial score (nSPS) is 22.9. The summed E-state index contributed by atoms with van der Waals surface area (Å²) in [6.07, 6.45) is 14.8. The maximum atomic E-state index is 12.4. The number of rotatable bonds is 5. The molecule has 4 rings (SSSR count). The summed E-state index contributed by atoms with van der Waals surface area (Å²) in [6, 6.07) is 18.0. The molecular formula is C29H39BNO. The first-order chi connectivity index (χ1) is 15.7. The highest BCUT2D eigenvalue weighted by Crippen LogP contribution is 2.32. The molecule has 0 spiro atoms. The molecule has 2 saturated carbocycles. The van der Waals surface area contributed by atoms with E-state index in [-0.39, 0.29) is 0 Å². The fraction of sp³-hybridized carbons (Fsp3) is 0.552. The Morgan fingerprint density at radius 1 is 0.781 bits per heavy atom. The van der Waals surface area contributed by atoms with Crippen LogP contribution < -0.4 is 16.2 Å². The number of hydrogen-bond acceptors (Lipinski definition) is 1. The Bertz CT molecular complexity index is 861. The zero-order valence-electron chi connectivity index (χ0n) is 19.8. The van der Waals surface area contributed by atoms with Gasteiger partial charge >= 0.3 is 0 Å². The van der Waals surface area contributed by atoms with Crippen molar-refractivity contribution in [2.24, 2.45) is 5.92 Å². The molecule has 0 saturated heterocycles. The van der Waals surface area contributed by atoms with Crippen molar-refractivity contribution in [3.8, 4) is 0 Å². The third-order valence-electron chi connectivity index (χ3n) is 7.38. The maximum Gasteiger partial charge on any atom is 0.223 e. The number of hydrogen-bond donors (Lipinski definition) is 1. The van der Waals surface area contributed by atoms with Gasteiger partial charge in [0, 0.05) is 12.0 Å². The molecule has 2 nitrogen and oxygen atoms in total. The van der Waals surface area contributed by atoms with Gasteiger partial charge in [-0.2, -0.15) is 0 Å². The van der Waals surface area contributed by atoms with Gasteiger partial charge in [0.1, 0.15) is 0 Å². The number of amides is 1. The van der Waals surface area contributed by atoms with Gasteiger partial charge in [-0.1, -0.05) is 98.0 Å². The van der Waals surface area contributed by atoms with E-state index in [4.69, 9.17) is 0 Å². The van der Waals surface area contributed by atoms with Crippen molar-refractivity contribution in [2.75, 3.05) is 0 Å². The van der Waals surface area contributed by atoms with E-state index in [2.05, 4.69) is 68.1 Å². The zero-order valence-corrected chi connectivity index (χ0v) is 19.8. The minimum Gasteiger partial charge on any atom is -0.353 e. The Labute approximate surface area is 195 Å². The van der Waals surface area contributed by atoms with Crippen molar-refractivity contribution in [2.45, 2.75) is 95.9 Å². The second-order valence-corrected chi connectivity index (χ2v) is 10.1. The topological polar surface area (TPSA) is 29.1 Å². The van der Waals surface area contributed by atoms with Crippen molar-refractivity contribution >= 4 is 24.1 Å². The van der Waals surface area contributed by atoms with E-state index < -0.39 is 0 Å². The van der Waals surface area contributed by atoms with Gasteiger partial charge in [-0.3, -0.25) is 4.79 Å². The van der Waals surface area contributed by atoms with E-state index in [1.54, 1.807) is 0 Å². The Kier molecular flexibility index (Phi) is 8.48. The molecule has 2 aliphatic carbocycles. The molecular weight excluding hydrogens is 389 g/mol. The third-order valence-corrected chi connectivity index (χ3v) is 7.38. The molecule has 169 valence electrons. The Morgan fingerprint density at radius 3 is 2.25 bits per heavy atom. The smallest absolute Gasteiger partial charge is 0.223 e. The van der Waals surface area contributed by atoms with Crippen molar-refractivity contribution in [3.05, 3.63) is 59.7 Å².